The van der Waals surface area contributed by atoms with Gasteiger partial charge in [0.1, 0.15) is 11.4 Å². The molecule has 1 aromatic carbocycles. The number of hydrogen-bond donors (Lipinski definition) is 2. The summed E-state index contributed by atoms with van der Waals surface area (Å²) in [4.78, 5) is 10.7. The average molecular weight is 197 g/mol. The van der Waals surface area contributed by atoms with Gasteiger partial charge in [-0.3, -0.25) is 4.79 Å². The summed E-state index contributed by atoms with van der Waals surface area (Å²) >= 11 is 0. The van der Waals surface area contributed by atoms with E-state index in [0.717, 1.165) is 0 Å². The van der Waals surface area contributed by atoms with Crippen molar-refractivity contribution in [2.24, 2.45) is 5.73 Å². The maximum Gasteiger partial charge on any atom is 0.323 e. The second kappa shape index (κ2) is 3.75. The summed E-state index contributed by atoms with van der Waals surface area (Å²) in [6.07, 6.45) is 0.111. The molecule has 3 nitrogen and oxygen atoms in total. The van der Waals surface area contributed by atoms with E-state index in [-0.39, 0.29) is 12.2 Å². The fourth-order valence-electron chi connectivity index (χ4n) is 1.15. The third-order valence-corrected chi connectivity index (χ3v) is 1.95. The molecule has 0 radical (unpaired) electrons. The first kappa shape index (κ1) is 10.7. The Balaban J connectivity index is 2.83. The lowest BCUT2D eigenvalue weighted by molar-refractivity contribution is -0.142. The monoisotopic (exact) mass is 197 g/mol. The Kier molecular flexibility index (Phi) is 2.86. The van der Waals surface area contributed by atoms with Crippen LogP contribution in [-0.2, 0) is 11.2 Å². The second-order valence-corrected chi connectivity index (χ2v) is 3.53. The van der Waals surface area contributed by atoms with Gasteiger partial charge >= 0.3 is 5.97 Å². The molecule has 3 N–H and O–H groups in total. The van der Waals surface area contributed by atoms with Crippen molar-refractivity contribution >= 4 is 5.97 Å². The molecule has 1 atom stereocenters. The van der Waals surface area contributed by atoms with Crippen LogP contribution in [0.25, 0.3) is 0 Å². The molecule has 14 heavy (non-hydrogen) atoms. The highest BCUT2D eigenvalue weighted by molar-refractivity contribution is 5.78. The van der Waals surface area contributed by atoms with Gasteiger partial charge in [-0.15, -0.1) is 0 Å². The quantitative estimate of drug-likeness (QED) is 0.764. The van der Waals surface area contributed by atoms with Crippen LogP contribution in [0, 0.1) is 5.82 Å². The molecule has 0 fully saturated rings. The van der Waals surface area contributed by atoms with E-state index >= 15 is 0 Å². The molecule has 1 rings (SSSR count). The fourth-order valence-corrected chi connectivity index (χ4v) is 1.15. The van der Waals surface area contributed by atoms with Crippen LogP contribution >= 0.6 is 0 Å². The zero-order valence-corrected chi connectivity index (χ0v) is 7.83. The van der Waals surface area contributed by atoms with Gasteiger partial charge in [0.05, 0.1) is 0 Å². The topological polar surface area (TPSA) is 63.3 Å². The van der Waals surface area contributed by atoms with Gasteiger partial charge < -0.3 is 10.8 Å². The van der Waals surface area contributed by atoms with Crippen molar-refractivity contribution in [1.29, 1.82) is 0 Å². The summed E-state index contributed by atoms with van der Waals surface area (Å²) in [5, 5.41) is 8.75. The normalized spacial score (nSPS) is 14.8. The number of halogens is 1. The molecule has 0 spiro atoms. The van der Waals surface area contributed by atoms with E-state index in [9.17, 15) is 9.18 Å². The summed E-state index contributed by atoms with van der Waals surface area (Å²) in [6.45, 7) is 1.40. The number of carbonyl (C=O) groups is 1. The predicted octanol–water partition coefficient (Wildman–Crippen LogP) is 1.17. The van der Waals surface area contributed by atoms with Crippen LogP contribution < -0.4 is 5.73 Å². The first-order chi connectivity index (χ1) is 6.42. The molecule has 0 saturated carbocycles. The molecule has 0 saturated heterocycles. The zero-order chi connectivity index (χ0) is 10.8. The van der Waals surface area contributed by atoms with Gasteiger partial charge in [0, 0.05) is 6.42 Å². The van der Waals surface area contributed by atoms with Crippen molar-refractivity contribution in [2.45, 2.75) is 18.9 Å². The SMILES string of the molecule is C[C@](N)(Cc1cccc(F)c1)C(=O)O. The Hall–Kier alpha value is -1.42. The van der Waals surface area contributed by atoms with Crippen LogP contribution in [0.3, 0.4) is 0 Å². The summed E-state index contributed by atoms with van der Waals surface area (Å²) < 4.78 is 12.8. The Morgan fingerprint density at radius 3 is 2.79 bits per heavy atom. The largest absolute Gasteiger partial charge is 0.480 e. The lowest BCUT2D eigenvalue weighted by Crippen LogP contribution is -2.46. The van der Waals surface area contributed by atoms with E-state index in [2.05, 4.69) is 0 Å². The van der Waals surface area contributed by atoms with E-state index in [1.165, 1.54) is 25.1 Å². The Morgan fingerprint density at radius 1 is 1.64 bits per heavy atom. The van der Waals surface area contributed by atoms with Crippen LogP contribution in [0.4, 0.5) is 4.39 Å². The molecule has 0 unspecified atom stereocenters. The number of nitrogens with two attached hydrogens (primary N) is 1. The minimum atomic E-state index is -1.35. The molecule has 0 aliphatic heterocycles. The van der Waals surface area contributed by atoms with E-state index < -0.39 is 11.5 Å². The smallest absolute Gasteiger partial charge is 0.323 e. The number of benzene rings is 1. The maximum absolute atomic E-state index is 12.8. The minimum absolute atomic E-state index is 0.111. The van der Waals surface area contributed by atoms with E-state index in [1.54, 1.807) is 6.07 Å². The lowest BCUT2D eigenvalue weighted by atomic mass is 9.94. The molecule has 0 aliphatic rings. The summed E-state index contributed by atoms with van der Waals surface area (Å²) in [5.41, 5.74) is 4.75. The van der Waals surface area contributed by atoms with Crippen LogP contribution in [0.5, 0.6) is 0 Å². The first-order valence-corrected chi connectivity index (χ1v) is 4.18. The van der Waals surface area contributed by atoms with Gasteiger partial charge in [0.25, 0.3) is 0 Å². The predicted molar refractivity (Wildman–Crippen MR) is 50.3 cm³/mol. The molecular weight excluding hydrogens is 185 g/mol. The maximum atomic E-state index is 12.8. The van der Waals surface area contributed by atoms with Crippen molar-refractivity contribution in [3.05, 3.63) is 35.6 Å². The van der Waals surface area contributed by atoms with Gasteiger partial charge in [0.15, 0.2) is 0 Å². The number of rotatable bonds is 3. The average Bonchev–Trinajstić information content (AvgIpc) is 2.02. The van der Waals surface area contributed by atoms with E-state index in [4.69, 9.17) is 10.8 Å². The van der Waals surface area contributed by atoms with Crippen LogP contribution in [-0.4, -0.2) is 16.6 Å². The number of carboxylic acid groups (broad SMARTS) is 1. The van der Waals surface area contributed by atoms with Crippen LogP contribution in [0.2, 0.25) is 0 Å². The molecule has 4 heteroatoms. The summed E-state index contributed by atoms with van der Waals surface area (Å²) in [6, 6.07) is 5.77. The van der Waals surface area contributed by atoms with Gasteiger partial charge in [-0.2, -0.15) is 0 Å². The highest BCUT2D eigenvalue weighted by Crippen LogP contribution is 2.12. The van der Waals surface area contributed by atoms with Gasteiger partial charge in [-0.1, -0.05) is 12.1 Å². The number of aliphatic carboxylic acids is 1. The van der Waals surface area contributed by atoms with Crippen LogP contribution in [0.1, 0.15) is 12.5 Å². The van der Waals surface area contributed by atoms with Crippen LogP contribution in [0.15, 0.2) is 24.3 Å². The zero-order valence-electron chi connectivity index (χ0n) is 7.83. The molecule has 76 valence electrons. The Labute approximate surface area is 81.4 Å². The molecule has 0 aliphatic carbocycles. The summed E-state index contributed by atoms with van der Waals surface area (Å²) in [7, 11) is 0. The first-order valence-electron chi connectivity index (χ1n) is 4.18. The number of hydrogen-bond acceptors (Lipinski definition) is 2. The van der Waals surface area contributed by atoms with Crippen molar-refractivity contribution in [2.75, 3.05) is 0 Å². The van der Waals surface area contributed by atoms with E-state index in [1.807, 2.05) is 0 Å². The molecular formula is C10H12FNO2. The number of carboxylic acids is 1. The van der Waals surface area contributed by atoms with Crippen molar-refractivity contribution in [3.63, 3.8) is 0 Å². The second-order valence-electron chi connectivity index (χ2n) is 3.53. The van der Waals surface area contributed by atoms with Crippen molar-refractivity contribution in [1.82, 2.24) is 0 Å². The van der Waals surface area contributed by atoms with Gasteiger partial charge in [0.2, 0.25) is 0 Å². The van der Waals surface area contributed by atoms with Gasteiger partial charge in [-0.25, -0.2) is 4.39 Å². The highest BCUT2D eigenvalue weighted by atomic mass is 19.1. The van der Waals surface area contributed by atoms with E-state index in [0.29, 0.717) is 5.56 Å². The highest BCUT2D eigenvalue weighted by Gasteiger charge is 2.27. The lowest BCUT2D eigenvalue weighted by Gasteiger charge is -2.18. The summed E-state index contributed by atoms with van der Waals surface area (Å²) in [5.74, 6) is -1.48. The molecule has 0 amide bonds. The fraction of sp³-hybridized carbons (Fsp3) is 0.300. The van der Waals surface area contributed by atoms with Gasteiger partial charge in [-0.05, 0) is 24.6 Å². The molecule has 0 bridgehead atoms. The Bertz CT molecular complexity index is 350. The molecule has 0 aromatic heterocycles. The molecule has 1 aromatic rings. The molecule has 0 heterocycles. The Morgan fingerprint density at radius 2 is 2.29 bits per heavy atom. The third kappa shape index (κ3) is 2.53. The van der Waals surface area contributed by atoms with Crippen molar-refractivity contribution < 1.29 is 14.3 Å². The standard InChI is InChI=1S/C10H12FNO2/c1-10(12,9(13)14)6-7-3-2-4-8(11)5-7/h2-5H,6,12H2,1H3,(H,13,14)/t10-/m0/s1. The van der Waals surface area contributed by atoms with Crippen molar-refractivity contribution in [3.8, 4) is 0 Å². The third-order valence-electron chi connectivity index (χ3n) is 1.95. The minimum Gasteiger partial charge on any atom is -0.480 e.